The van der Waals surface area contributed by atoms with Crippen LogP contribution in [0.5, 0.6) is 11.6 Å². The number of benzene rings is 7. The maximum Gasteiger partial charge on any atom is 2.00 e. The molecule has 0 fully saturated rings. The van der Waals surface area contributed by atoms with E-state index in [0.29, 0.717) is 11.6 Å². The zero-order valence-corrected chi connectivity index (χ0v) is 39.5. The molecule has 0 bridgehead atoms. The molecular weight excluding hydrogens is 965 g/mol. The second-order valence-electron chi connectivity index (χ2n) is 17.4. The molecule has 0 saturated carbocycles. The summed E-state index contributed by atoms with van der Waals surface area (Å²) in [6, 6.07) is 53.3. The van der Waals surface area contributed by atoms with E-state index in [1.807, 2.05) is 24.3 Å². The van der Waals surface area contributed by atoms with Crippen LogP contribution in [-0.2, 0) is 21.1 Å². The largest absolute Gasteiger partial charge is 2.00 e. The van der Waals surface area contributed by atoms with Crippen molar-refractivity contribution in [2.24, 2.45) is 0 Å². The van der Waals surface area contributed by atoms with Crippen molar-refractivity contribution in [1.82, 2.24) is 14.5 Å². The summed E-state index contributed by atoms with van der Waals surface area (Å²) >= 11 is 0. The van der Waals surface area contributed by atoms with Gasteiger partial charge in [0.25, 0.3) is 0 Å². The van der Waals surface area contributed by atoms with Gasteiger partial charge in [0.1, 0.15) is 0 Å². The van der Waals surface area contributed by atoms with Gasteiger partial charge in [0.2, 0.25) is 12.6 Å². The predicted molar refractivity (Wildman–Crippen MR) is 260 cm³/mol. The summed E-state index contributed by atoms with van der Waals surface area (Å²) in [5.41, 5.74) is 23.7. The fourth-order valence-corrected chi connectivity index (χ4v) is 10.6. The number of imidazole rings is 1. The second-order valence-corrected chi connectivity index (χ2v) is 17.4. The summed E-state index contributed by atoms with van der Waals surface area (Å²) in [4.78, 5) is 14.8. The molecule has 2 aliphatic heterocycles. The van der Waals surface area contributed by atoms with Gasteiger partial charge in [-0.15, -0.1) is 47.4 Å². The minimum absolute atomic E-state index is 0. The monoisotopic (exact) mass is 1010 g/mol. The Kier molecular flexibility index (Phi) is 10.2. The molecule has 4 heterocycles. The van der Waals surface area contributed by atoms with Crippen molar-refractivity contribution >= 4 is 68.3 Å². The third kappa shape index (κ3) is 6.51. The number of hydrogen-bond donors (Lipinski definition) is 0. The van der Waals surface area contributed by atoms with E-state index < -0.39 is 0 Å². The van der Waals surface area contributed by atoms with E-state index in [0.717, 1.165) is 61.8 Å². The van der Waals surface area contributed by atoms with E-state index in [-0.39, 0.29) is 27.8 Å². The van der Waals surface area contributed by atoms with Crippen LogP contribution in [0.4, 0.5) is 34.1 Å². The zero-order chi connectivity index (χ0) is 43.3. The number of aromatic nitrogens is 3. The first-order chi connectivity index (χ1) is 30.5. The second kappa shape index (κ2) is 15.8. The molecule has 0 atom stereocenters. The Morgan fingerprint density at radius 3 is 1.69 bits per heavy atom. The Morgan fingerprint density at radius 2 is 1.08 bits per heavy atom. The quantitative estimate of drug-likeness (QED) is 0.123. The van der Waals surface area contributed by atoms with Gasteiger partial charge in [0.05, 0.1) is 16.9 Å². The van der Waals surface area contributed by atoms with Gasteiger partial charge in [-0.3, -0.25) is 4.98 Å². The first-order valence-electron chi connectivity index (χ1n) is 21.7. The summed E-state index contributed by atoms with van der Waals surface area (Å²) in [5.74, 6) is 1.98. The van der Waals surface area contributed by atoms with Crippen LogP contribution in [0.1, 0.15) is 44.5 Å². The molecule has 11 rings (SSSR count). The van der Waals surface area contributed by atoms with Gasteiger partial charge in [-0.05, 0) is 130 Å². The Balaban J connectivity index is 0.00000484. The molecule has 0 aliphatic carbocycles. The molecule has 7 aromatic carbocycles. The van der Waals surface area contributed by atoms with Crippen molar-refractivity contribution < 1.29 is 25.8 Å². The number of anilines is 6. The van der Waals surface area contributed by atoms with E-state index in [4.69, 9.17) is 9.72 Å². The molecule has 0 amide bonds. The van der Waals surface area contributed by atoms with E-state index in [9.17, 15) is 0 Å². The summed E-state index contributed by atoms with van der Waals surface area (Å²) < 4.78 is 8.82. The van der Waals surface area contributed by atoms with Crippen molar-refractivity contribution in [1.29, 1.82) is 0 Å². The first-order valence-corrected chi connectivity index (χ1v) is 21.7. The Hall–Kier alpha value is -6.69. The van der Waals surface area contributed by atoms with Crippen molar-refractivity contribution in [2.45, 2.75) is 55.4 Å². The van der Waals surface area contributed by atoms with Gasteiger partial charge >= 0.3 is 21.1 Å². The number of pyridine rings is 1. The number of ether oxygens (including phenoxy) is 1. The summed E-state index contributed by atoms with van der Waals surface area (Å²) in [5, 5.41) is 0. The minimum Gasteiger partial charge on any atom is -0.466 e. The SMILES string of the molecule is Cc1cc(C)c(N2c3ccc(Oc4ccccn4)[c-]c3B3c4[c-]c(-c5nc6ccccc6n5-c5c(C)cccc5C)ccc4N(c4c(C)cc(C)cc4C)c4cccc2c43)c(C)c1.[Pt+2]. The van der Waals surface area contributed by atoms with Gasteiger partial charge in [-0.25, -0.2) is 4.98 Å². The molecule has 9 aromatic rings. The van der Waals surface area contributed by atoms with Gasteiger partial charge in [0.15, 0.2) is 0 Å². The summed E-state index contributed by atoms with van der Waals surface area (Å²) in [6.45, 7) is 17.4. The number of fused-ring (bicyclic) bond motifs is 5. The van der Waals surface area contributed by atoms with Crippen molar-refractivity contribution in [3.05, 3.63) is 190 Å². The van der Waals surface area contributed by atoms with E-state index >= 15 is 0 Å². The van der Waals surface area contributed by atoms with Crippen LogP contribution >= 0.6 is 0 Å². The number of rotatable bonds is 6. The molecule has 8 heteroatoms. The normalized spacial score (nSPS) is 12.5. The maximum absolute atomic E-state index is 6.49. The molecule has 0 N–H and O–H groups in total. The van der Waals surface area contributed by atoms with Crippen LogP contribution in [0, 0.1) is 67.5 Å². The van der Waals surface area contributed by atoms with Gasteiger partial charge in [0, 0.05) is 46.4 Å². The topological polar surface area (TPSA) is 46.4 Å². The number of nitrogens with zero attached hydrogens (tertiary/aromatic N) is 5. The number of para-hydroxylation sites is 3. The molecule has 64 heavy (non-hydrogen) atoms. The third-order valence-electron chi connectivity index (χ3n) is 12.8. The minimum atomic E-state index is -0.254. The number of hydrogen-bond acceptors (Lipinski definition) is 5. The van der Waals surface area contributed by atoms with Crippen LogP contribution in [-0.4, -0.2) is 21.2 Å². The molecule has 0 radical (unpaired) electrons. The Morgan fingerprint density at radius 1 is 0.516 bits per heavy atom. The molecular formula is C56H46BN5OPt. The molecule has 0 unspecified atom stereocenters. The van der Waals surface area contributed by atoms with Crippen LogP contribution < -0.4 is 30.9 Å². The molecule has 2 aromatic heterocycles. The zero-order valence-electron chi connectivity index (χ0n) is 37.2. The smallest absolute Gasteiger partial charge is 0.466 e. The van der Waals surface area contributed by atoms with Crippen molar-refractivity contribution in [3.63, 3.8) is 0 Å². The fraction of sp³-hybridized carbons (Fsp3) is 0.143. The fourth-order valence-electron chi connectivity index (χ4n) is 10.6. The first kappa shape index (κ1) is 41.3. The van der Waals surface area contributed by atoms with Gasteiger partial charge < -0.3 is 19.1 Å². The number of aryl methyl sites for hydroxylation is 8. The summed E-state index contributed by atoms with van der Waals surface area (Å²) in [7, 11) is 0. The van der Waals surface area contributed by atoms with Crippen LogP contribution in [0.2, 0.25) is 0 Å². The average Bonchev–Trinajstić information content (AvgIpc) is 3.64. The van der Waals surface area contributed by atoms with Crippen LogP contribution in [0.3, 0.4) is 0 Å². The summed E-state index contributed by atoms with van der Waals surface area (Å²) in [6.07, 6.45) is 1.75. The molecule has 6 nitrogen and oxygen atoms in total. The van der Waals surface area contributed by atoms with Crippen LogP contribution in [0.15, 0.2) is 134 Å². The molecule has 2 aliphatic rings. The van der Waals surface area contributed by atoms with Gasteiger partial charge in [-0.2, -0.15) is 5.46 Å². The standard InChI is InChI=1S/C56H46BN5O.Pt/c1-33-27-37(5)54(38(6)28-33)60-46-24-22-41(56-59-45-17-9-10-18-48(45)62(56)53-35(3)15-13-16-36(53)4)31-43(46)57-44-32-42(63-51-21-11-12-26-58-51)23-25-47(44)61(50-20-14-19-49(60)52(50)57)55-39(7)29-34(2)30-40(55)8;/h9-30H,1-8H3;/q-2;+2. The maximum atomic E-state index is 6.49. The van der Waals surface area contributed by atoms with E-state index in [2.05, 4.69) is 190 Å². The Bertz CT molecular complexity index is 3260. The molecule has 0 spiro atoms. The van der Waals surface area contributed by atoms with Crippen molar-refractivity contribution in [3.8, 4) is 28.7 Å². The molecule has 314 valence electrons. The average molecular weight is 1010 g/mol. The van der Waals surface area contributed by atoms with Gasteiger partial charge in [-0.1, -0.05) is 83.5 Å². The predicted octanol–water partition coefficient (Wildman–Crippen LogP) is 12.0. The Labute approximate surface area is 390 Å². The van der Waals surface area contributed by atoms with Crippen LogP contribution in [0.25, 0.3) is 28.1 Å². The van der Waals surface area contributed by atoms with Crippen molar-refractivity contribution in [2.75, 3.05) is 9.80 Å². The van der Waals surface area contributed by atoms with E-state index in [1.165, 1.54) is 61.3 Å². The van der Waals surface area contributed by atoms with E-state index in [1.54, 1.807) is 6.20 Å². The molecule has 0 saturated heterocycles. The third-order valence-corrected chi connectivity index (χ3v) is 12.8.